The number of hydrogen-bond donors (Lipinski definition) is 1. The molecule has 1 saturated carbocycles. The standard InChI is InChI=1S/C24H24BrN3O3/c1-3-31-24(30)21-14-22(17-4-5-17)28(27-21)20-12-8-18(9-13-20)23(29)26-15(2)16-6-10-19(25)11-7-16/h6-15,17H,3-5H2,1-2H3,(H,26,29). The zero-order valence-corrected chi connectivity index (χ0v) is 19.1. The summed E-state index contributed by atoms with van der Waals surface area (Å²) >= 11 is 3.42. The number of amides is 1. The molecule has 3 aromatic rings. The number of ether oxygens (including phenoxy) is 1. The van der Waals surface area contributed by atoms with Gasteiger partial charge in [0.05, 0.1) is 18.3 Å². The van der Waals surface area contributed by atoms with Crippen LogP contribution >= 0.6 is 15.9 Å². The molecule has 0 spiro atoms. The van der Waals surface area contributed by atoms with Gasteiger partial charge in [-0.05, 0) is 74.7 Å². The van der Waals surface area contributed by atoms with Crippen molar-refractivity contribution in [1.82, 2.24) is 15.1 Å². The molecule has 1 N–H and O–H groups in total. The smallest absolute Gasteiger partial charge is 0.358 e. The summed E-state index contributed by atoms with van der Waals surface area (Å²) in [6.45, 7) is 4.04. The second-order valence-electron chi connectivity index (χ2n) is 7.65. The van der Waals surface area contributed by atoms with Crippen LogP contribution in [-0.4, -0.2) is 28.3 Å². The Morgan fingerprint density at radius 1 is 1.16 bits per heavy atom. The maximum atomic E-state index is 12.7. The van der Waals surface area contributed by atoms with Crippen molar-refractivity contribution >= 4 is 27.8 Å². The van der Waals surface area contributed by atoms with Crippen LogP contribution in [0.4, 0.5) is 0 Å². The number of benzene rings is 2. The highest BCUT2D eigenvalue weighted by Gasteiger charge is 2.30. The van der Waals surface area contributed by atoms with Gasteiger partial charge in [0.15, 0.2) is 5.69 Å². The van der Waals surface area contributed by atoms with Gasteiger partial charge < -0.3 is 10.1 Å². The predicted octanol–water partition coefficient (Wildman–Crippen LogP) is 5.18. The van der Waals surface area contributed by atoms with Crippen LogP contribution in [0.15, 0.2) is 59.1 Å². The molecule has 1 atom stereocenters. The van der Waals surface area contributed by atoms with Gasteiger partial charge in [0, 0.05) is 21.6 Å². The fourth-order valence-electron chi connectivity index (χ4n) is 3.45. The maximum absolute atomic E-state index is 12.7. The molecular formula is C24H24BrN3O3. The van der Waals surface area contributed by atoms with E-state index >= 15 is 0 Å². The number of aromatic nitrogens is 2. The van der Waals surface area contributed by atoms with Crippen LogP contribution in [0.25, 0.3) is 5.69 Å². The van der Waals surface area contributed by atoms with E-state index in [1.807, 2.05) is 49.4 Å². The highest BCUT2D eigenvalue weighted by molar-refractivity contribution is 9.10. The molecule has 4 rings (SSSR count). The fourth-order valence-corrected chi connectivity index (χ4v) is 3.71. The van der Waals surface area contributed by atoms with Gasteiger partial charge in [-0.25, -0.2) is 9.48 Å². The molecular weight excluding hydrogens is 458 g/mol. The summed E-state index contributed by atoms with van der Waals surface area (Å²) in [6.07, 6.45) is 2.17. The van der Waals surface area contributed by atoms with E-state index in [2.05, 4.69) is 26.3 Å². The van der Waals surface area contributed by atoms with Crippen molar-refractivity contribution in [2.24, 2.45) is 0 Å². The first-order chi connectivity index (χ1) is 15.0. The zero-order chi connectivity index (χ0) is 22.0. The van der Waals surface area contributed by atoms with Gasteiger partial charge in [-0.15, -0.1) is 0 Å². The van der Waals surface area contributed by atoms with E-state index in [0.29, 0.717) is 23.8 Å². The Labute approximate surface area is 189 Å². The number of halogens is 1. The Balaban J connectivity index is 1.51. The summed E-state index contributed by atoms with van der Waals surface area (Å²) in [4.78, 5) is 24.8. The second-order valence-corrected chi connectivity index (χ2v) is 8.57. The summed E-state index contributed by atoms with van der Waals surface area (Å²) in [6, 6.07) is 16.9. The van der Waals surface area contributed by atoms with Crippen LogP contribution in [0.3, 0.4) is 0 Å². The molecule has 1 amide bonds. The van der Waals surface area contributed by atoms with Crippen molar-refractivity contribution in [3.63, 3.8) is 0 Å². The maximum Gasteiger partial charge on any atom is 0.358 e. The van der Waals surface area contributed by atoms with Crippen LogP contribution in [0.5, 0.6) is 0 Å². The van der Waals surface area contributed by atoms with E-state index in [1.165, 1.54) is 0 Å². The average molecular weight is 482 g/mol. The summed E-state index contributed by atoms with van der Waals surface area (Å²) in [7, 11) is 0. The van der Waals surface area contributed by atoms with Crippen molar-refractivity contribution in [3.05, 3.63) is 81.6 Å². The third-order valence-corrected chi connectivity index (χ3v) is 5.84. The number of carbonyl (C=O) groups excluding carboxylic acids is 2. The molecule has 0 aliphatic heterocycles. The lowest BCUT2D eigenvalue weighted by Gasteiger charge is -2.15. The number of hydrogen-bond acceptors (Lipinski definition) is 4. The summed E-state index contributed by atoms with van der Waals surface area (Å²) in [5.74, 6) is -0.149. The number of nitrogens with one attached hydrogen (secondary N) is 1. The minimum absolute atomic E-state index is 0.111. The molecule has 1 aliphatic carbocycles. The lowest BCUT2D eigenvalue weighted by Crippen LogP contribution is -2.26. The third-order valence-electron chi connectivity index (χ3n) is 5.31. The number of esters is 1. The van der Waals surface area contributed by atoms with Gasteiger partial charge in [-0.2, -0.15) is 5.10 Å². The molecule has 160 valence electrons. The topological polar surface area (TPSA) is 73.2 Å². The van der Waals surface area contributed by atoms with Crippen molar-refractivity contribution in [1.29, 1.82) is 0 Å². The molecule has 1 aromatic heterocycles. The number of nitrogens with zero attached hydrogens (tertiary/aromatic N) is 2. The first kappa shape index (κ1) is 21.3. The van der Waals surface area contributed by atoms with E-state index < -0.39 is 5.97 Å². The molecule has 0 saturated heterocycles. The quantitative estimate of drug-likeness (QED) is 0.471. The minimum atomic E-state index is -0.416. The van der Waals surface area contributed by atoms with Crippen molar-refractivity contribution in [2.45, 2.75) is 38.6 Å². The van der Waals surface area contributed by atoms with E-state index in [4.69, 9.17) is 4.74 Å². The minimum Gasteiger partial charge on any atom is -0.461 e. The van der Waals surface area contributed by atoms with Gasteiger partial charge in [0.1, 0.15) is 0 Å². The third kappa shape index (κ3) is 4.88. The first-order valence-corrected chi connectivity index (χ1v) is 11.2. The van der Waals surface area contributed by atoms with Crippen molar-refractivity contribution in [2.75, 3.05) is 6.61 Å². The molecule has 1 heterocycles. The van der Waals surface area contributed by atoms with E-state index in [-0.39, 0.29) is 11.9 Å². The molecule has 0 bridgehead atoms. The lowest BCUT2D eigenvalue weighted by molar-refractivity contribution is 0.0518. The van der Waals surface area contributed by atoms with Crippen LogP contribution in [0.2, 0.25) is 0 Å². The number of carbonyl (C=O) groups is 2. The lowest BCUT2D eigenvalue weighted by atomic mass is 10.1. The Kier molecular flexibility index (Phi) is 6.23. The summed E-state index contributed by atoms with van der Waals surface area (Å²) in [5, 5.41) is 7.49. The van der Waals surface area contributed by atoms with Crippen molar-refractivity contribution < 1.29 is 14.3 Å². The normalized spacial score (nSPS) is 14.2. The monoisotopic (exact) mass is 481 g/mol. The first-order valence-electron chi connectivity index (χ1n) is 10.4. The molecule has 7 heteroatoms. The van der Waals surface area contributed by atoms with Crippen LogP contribution in [0, 0.1) is 0 Å². The highest BCUT2D eigenvalue weighted by Crippen LogP contribution is 2.41. The average Bonchev–Trinajstić information content (AvgIpc) is 3.52. The summed E-state index contributed by atoms with van der Waals surface area (Å²) in [5.41, 5.74) is 3.73. The van der Waals surface area contributed by atoms with Gasteiger partial charge in [0.2, 0.25) is 0 Å². The molecule has 1 aliphatic rings. The molecule has 2 aromatic carbocycles. The Morgan fingerprint density at radius 3 is 2.45 bits per heavy atom. The molecule has 0 radical (unpaired) electrons. The van der Waals surface area contributed by atoms with Crippen LogP contribution in [-0.2, 0) is 4.74 Å². The van der Waals surface area contributed by atoms with Gasteiger partial charge in [0.25, 0.3) is 5.91 Å². The largest absolute Gasteiger partial charge is 0.461 e. The van der Waals surface area contributed by atoms with Gasteiger partial charge in [-0.1, -0.05) is 28.1 Å². The highest BCUT2D eigenvalue weighted by atomic mass is 79.9. The summed E-state index contributed by atoms with van der Waals surface area (Å²) < 4.78 is 7.88. The second kappa shape index (κ2) is 9.06. The predicted molar refractivity (Wildman–Crippen MR) is 122 cm³/mol. The van der Waals surface area contributed by atoms with Crippen LogP contribution < -0.4 is 5.32 Å². The Hall–Kier alpha value is -2.93. The molecule has 1 unspecified atom stereocenters. The SMILES string of the molecule is CCOC(=O)c1cc(C2CC2)n(-c2ccc(C(=O)NC(C)c3ccc(Br)cc3)cc2)n1. The molecule has 1 fully saturated rings. The molecule has 31 heavy (non-hydrogen) atoms. The Morgan fingerprint density at radius 2 is 1.84 bits per heavy atom. The fraction of sp³-hybridized carbons (Fsp3) is 0.292. The van der Waals surface area contributed by atoms with Crippen molar-refractivity contribution in [3.8, 4) is 5.69 Å². The van der Waals surface area contributed by atoms with E-state index in [0.717, 1.165) is 34.3 Å². The van der Waals surface area contributed by atoms with E-state index in [1.54, 1.807) is 23.7 Å². The zero-order valence-electron chi connectivity index (χ0n) is 17.5. The van der Waals surface area contributed by atoms with Gasteiger partial charge in [-0.3, -0.25) is 4.79 Å². The Bertz CT molecular complexity index is 1090. The number of rotatable bonds is 7. The molecule has 6 nitrogen and oxygen atoms in total. The van der Waals surface area contributed by atoms with E-state index in [9.17, 15) is 9.59 Å². The van der Waals surface area contributed by atoms with Gasteiger partial charge >= 0.3 is 5.97 Å². The van der Waals surface area contributed by atoms with Crippen LogP contribution in [0.1, 0.15) is 70.8 Å².